The van der Waals surface area contributed by atoms with Crippen molar-refractivity contribution in [1.29, 1.82) is 0 Å². The number of nitrogens with zero attached hydrogens (tertiary/aromatic N) is 2. The minimum atomic E-state index is -0.0142. The third kappa shape index (κ3) is 2.95. The van der Waals surface area contributed by atoms with Gasteiger partial charge in [0.15, 0.2) is 0 Å². The first-order valence-electron chi connectivity index (χ1n) is 16.1. The Morgan fingerprint density at radius 1 is 0.565 bits per heavy atom. The Balaban J connectivity index is 1.42. The fourth-order valence-electron chi connectivity index (χ4n) is 8.57. The van der Waals surface area contributed by atoms with E-state index in [1.54, 1.807) is 0 Å². The summed E-state index contributed by atoms with van der Waals surface area (Å²) in [4.78, 5) is 2.60. The number of rotatable bonds is 1. The van der Waals surface area contributed by atoms with Crippen molar-refractivity contribution >= 4 is 83.7 Å². The van der Waals surface area contributed by atoms with Crippen LogP contribution in [0.3, 0.4) is 0 Å². The summed E-state index contributed by atoms with van der Waals surface area (Å²) in [5.41, 5.74) is 15.8. The molecule has 0 radical (unpaired) electrons. The number of para-hydroxylation sites is 2. The van der Waals surface area contributed by atoms with Gasteiger partial charge in [-0.1, -0.05) is 96.1 Å². The molecular formula is C42H27BN2O. The summed E-state index contributed by atoms with van der Waals surface area (Å²) in [7, 11) is 0. The minimum Gasteiger partial charge on any atom is -0.456 e. The lowest BCUT2D eigenvalue weighted by Crippen LogP contribution is -2.60. The summed E-state index contributed by atoms with van der Waals surface area (Å²) in [6, 6.07) is 47.1. The Labute approximate surface area is 266 Å². The molecule has 3 nitrogen and oxygen atoms in total. The van der Waals surface area contributed by atoms with E-state index in [2.05, 4.69) is 151 Å². The van der Waals surface area contributed by atoms with Gasteiger partial charge in [0.1, 0.15) is 11.2 Å². The van der Waals surface area contributed by atoms with Crippen LogP contribution in [-0.4, -0.2) is 11.4 Å². The third-order valence-corrected chi connectivity index (χ3v) is 10.5. The fourth-order valence-corrected chi connectivity index (χ4v) is 8.57. The molecule has 0 unspecified atom stereocenters. The Morgan fingerprint density at radius 2 is 1.28 bits per heavy atom. The number of fused-ring (bicyclic) bond motifs is 14. The molecule has 0 fully saturated rings. The van der Waals surface area contributed by atoms with E-state index in [0.29, 0.717) is 0 Å². The Bertz CT molecular complexity index is 2790. The van der Waals surface area contributed by atoms with Crippen molar-refractivity contribution in [2.24, 2.45) is 0 Å². The molecule has 11 rings (SSSR count). The third-order valence-electron chi connectivity index (χ3n) is 10.5. The molecule has 214 valence electrons. The molecule has 2 aliphatic heterocycles. The van der Waals surface area contributed by atoms with Gasteiger partial charge in [-0.3, -0.25) is 0 Å². The second-order valence-corrected chi connectivity index (χ2v) is 13.0. The van der Waals surface area contributed by atoms with E-state index in [9.17, 15) is 0 Å². The number of aryl methyl sites for hydroxylation is 2. The highest BCUT2D eigenvalue weighted by molar-refractivity contribution is 6.94. The maximum absolute atomic E-state index is 6.55. The van der Waals surface area contributed by atoms with E-state index in [0.717, 1.165) is 21.9 Å². The molecule has 0 spiro atoms. The van der Waals surface area contributed by atoms with Crippen molar-refractivity contribution in [2.75, 3.05) is 4.81 Å². The normalized spacial score (nSPS) is 13.3. The van der Waals surface area contributed by atoms with Gasteiger partial charge in [-0.25, -0.2) is 0 Å². The molecule has 9 aromatic rings. The molecule has 0 N–H and O–H groups in total. The smallest absolute Gasteiger partial charge is 0.333 e. The van der Waals surface area contributed by atoms with Gasteiger partial charge in [0.2, 0.25) is 0 Å². The summed E-state index contributed by atoms with van der Waals surface area (Å²) >= 11 is 0. The molecule has 0 aliphatic carbocycles. The van der Waals surface area contributed by atoms with Crippen molar-refractivity contribution in [3.63, 3.8) is 0 Å². The van der Waals surface area contributed by atoms with E-state index in [4.69, 9.17) is 4.42 Å². The second-order valence-electron chi connectivity index (χ2n) is 13.0. The molecule has 4 heterocycles. The number of hydrogen-bond donors (Lipinski definition) is 0. The van der Waals surface area contributed by atoms with Gasteiger partial charge >= 0.3 is 6.85 Å². The molecule has 0 bridgehead atoms. The van der Waals surface area contributed by atoms with E-state index < -0.39 is 0 Å². The summed E-state index contributed by atoms with van der Waals surface area (Å²) in [6.45, 7) is 4.37. The second kappa shape index (κ2) is 8.50. The minimum absolute atomic E-state index is 0.0142. The summed E-state index contributed by atoms with van der Waals surface area (Å²) in [5, 5.41) is 7.50. The lowest BCUT2D eigenvalue weighted by atomic mass is 9.43. The molecule has 0 atom stereocenters. The lowest BCUT2D eigenvalue weighted by Gasteiger charge is -2.42. The quantitative estimate of drug-likeness (QED) is 0.179. The van der Waals surface area contributed by atoms with Crippen LogP contribution in [0, 0.1) is 13.8 Å². The molecule has 2 aromatic heterocycles. The lowest BCUT2D eigenvalue weighted by molar-refractivity contribution is 0.669. The van der Waals surface area contributed by atoms with Crippen molar-refractivity contribution in [3.8, 4) is 16.8 Å². The number of furan rings is 1. The first-order chi connectivity index (χ1) is 22.7. The highest BCUT2D eigenvalue weighted by Gasteiger charge is 2.45. The van der Waals surface area contributed by atoms with E-state index >= 15 is 0 Å². The zero-order valence-electron chi connectivity index (χ0n) is 25.5. The topological polar surface area (TPSA) is 21.3 Å². The number of aromatic nitrogens is 1. The summed E-state index contributed by atoms with van der Waals surface area (Å²) < 4.78 is 9.09. The fraction of sp³-hybridized carbons (Fsp3) is 0.0476. The first kappa shape index (κ1) is 24.6. The van der Waals surface area contributed by atoms with Crippen LogP contribution >= 0.6 is 0 Å². The Morgan fingerprint density at radius 3 is 2.13 bits per heavy atom. The molecule has 0 saturated heterocycles. The number of benzene rings is 7. The van der Waals surface area contributed by atoms with E-state index in [1.807, 2.05) is 0 Å². The molecule has 7 aromatic carbocycles. The SMILES string of the molecule is Cc1ccc(N2B3c4cc(C)ccc4-n4c5ccccc5c5c6ccccc6c(c3c54)-c3cc4oc5ccccc5c4cc32)cc1. The van der Waals surface area contributed by atoms with Crippen molar-refractivity contribution in [2.45, 2.75) is 13.8 Å². The zero-order valence-corrected chi connectivity index (χ0v) is 25.5. The standard InChI is InChI=1S/C42H27BN2O/c1-24-15-18-26(19-16-24)45-36-22-31-27-9-6-8-14-37(27)46-38(31)23-32(36)39-28-10-3-4-11-29(28)40-30-12-5-7-13-34(30)44-35-20-17-25(2)21-33(35)43(45)41(39)42(40)44/h3-23H,1-2H3. The maximum Gasteiger partial charge on any atom is 0.333 e. The molecule has 4 heteroatoms. The monoisotopic (exact) mass is 586 g/mol. The Kier molecular flexibility index (Phi) is 4.54. The van der Waals surface area contributed by atoms with Crippen molar-refractivity contribution in [3.05, 3.63) is 139 Å². The highest BCUT2D eigenvalue weighted by Crippen LogP contribution is 2.50. The van der Waals surface area contributed by atoms with Crippen LogP contribution in [0.2, 0.25) is 0 Å². The van der Waals surface area contributed by atoms with Crippen LogP contribution in [0.5, 0.6) is 0 Å². The number of hydrogen-bond acceptors (Lipinski definition) is 2. The Hall–Kier alpha value is -5.74. The predicted octanol–water partition coefficient (Wildman–Crippen LogP) is 9.69. The van der Waals surface area contributed by atoms with Crippen molar-refractivity contribution < 1.29 is 4.42 Å². The van der Waals surface area contributed by atoms with Gasteiger partial charge < -0.3 is 13.8 Å². The predicted molar refractivity (Wildman–Crippen MR) is 194 cm³/mol. The number of anilines is 2. The van der Waals surface area contributed by atoms with Gasteiger partial charge in [-0.15, -0.1) is 0 Å². The van der Waals surface area contributed by atoms with E-state index in [-0.39, 0.29) is 6.85 Å². The van der Waals surface area contributed by atoms with Crippen LogP contribution in [0.1, 0.15) is 11.1 Å². The van der Waals surface area contributed by atoms with Gasteiger partial charge in [-0.2, -0.15) is 0 Å². The van der Waals surface area contributed by atoms with Gasteiger partial charge in [-0.05, 0) is 83.6 Å². The summed E-state index contributed by atoms with van der Waals surface area (Å²) in [5.74, 6) is 0. The largest absolute Gasteiger partial charge is 0.456 e. The first-order valence-corrected chi connectivity index (χ1v) is 16.1. The average Bonchev–Trinajstić information content (AvgIpc) is 3.63. The van der Waals surface area contributed by atoms with Crippen LogP contribution < -0.4 is 15.7 Å². The van der Waals surface area contributed by atoms with Crippen LogP contribution in [0.4, 0.5) is 11.4 Å². The highest BCUT2D eigenvalue weighted by atomic mass is 16.3. The zero-order chi connectivity index (χ0) is 30.3. The molecule has 46 heavy (non-hydrogen) atoms. The van der Waals surface area contributed by atoms with Crippen LogP contribution in [0.25, 0.3) is 71.3 Å². The molecular weight excluding hydrogens is 559 g/mol. The van der Waals surface area contributed by atoms with E-state index in [1.165, 1.54) is 82.8 Å². The van der Waals surface area contributed by atoms with Crippen LogP contribution in [-0.2, 0) is 0 Å². The molecule has 0 saturated carbocycles. The molecule has 2 aliphatic rings. The summed E-state index contributed by atoms with van der Waals surface area (Å²) in [6.07, 6.45) is 0. The van der Waals surface area contributed by atoms with Gasteiger partial charge in [0, 0.05) is 44.2 Å². The van der Waals surface area contributed by atoms with Crippen molar-refractivity contribution in [1.82, 2.24) is 4.57 Å². The molecule has 0 amide bonds. The van der Waals surface area contributed by atoms with Gasteiger partial charge in [0.05, 0.1) is 11.0 Å². The maximum atomic E-state index is 6.55. The average molecular weight is 587 g/mol. The van der Waals surface area contributed by atoms with Crippen LogP contribution in [0.15, 0.2) is 132 Å². The van der Waals surface area contributed by atoms with Gasteiger partial charge in [0.25, 0.3) is 0 Å².